The van der Waals surface area contributed by atoms with E-state index < -0.39 is 10.7 Å². The second kappa shape index (κ2) is 6.75. The Bertz CT molecular complexity index is 689. The van der Waals surface area contributed by atoms with Gasteiger partial charge in [0, 0.05) is 18.7 Å². The Balaban J connectivity index is 2.48. The van der Waals surface area contributed by atoms with Gasteiger partial charge in [-0.1, -0.05) is 6.92 Å². The number of rotatable bonds is 5. The van der Waals surface area contributed by atoms with Crippen LogP contribution in [-0.4, -0.2) is 15.8 Å². The summed E-state index contributed by atoms with van der Waals surface area (Å²) < 4.78 is 13.1. The zero-order valence-electron chi connectivity index (χ0n) is 11.9. The number of carbonyl (C=O) groups excluding carboxylic acids is 1. The fourth-order valence-corrected chi connectivity index (χ4v) is 1.96. The van der Waals surface area contributed by atoms with Gasteiger partial charge in [-0.25, -0.2) is 9.37 Å². The van der Waals surface area contributed by atoms with Crippen LogP contribution < -0.4 is 4.90 Å². The van der Waals surface area contributed by atoms with Crippen molar-refractivity contribution in [1.82, 2.24) is 4.98 Å². The van der Waals surface area contributed by atoms with Gasteiger partial charge in [-0.3, -0.25) is 19.8 Å². The van der Waals surface area contributed by atoms with Crippen LogP contribution >= 0.6 is 0 Å². The van der Waals surface area contributed by atoms with E-state index >= 15 is 0 Å². The smallest absolute Gasteiger partial charge is 0.274 e. The molecule has 0 unspecified atom stereocenters. The molecule has 0 aliphatic heterocycles. The lowest BCUT2D eigenvalue weighted by Crippen LogP contribution is -2.26. The lowest BCUT2D eigenvalue weighted by molar-refractivity contribution is -0.384. The van der Waals surface area contributed by atoms with E-state index in [0.29, 0.717) is 12.1 Å². The van der Waals surface area contributed by atoms with E-state index in [1.54, 1.807) is 0 Å². The van der Waals surface area contributed by atoms with Crippen LogP contribution in [0.5, 0.6) is 0 Å². The summed E-state index contributed by atoms with van der Waals surface area (Å²) in [6.07, 6.45) is 2.14. The minimum atomic E-state index is -0.557. The van der Waals surface area contributed by atoms with Gasteiger partial charge in [-0.2, -0.15) is 0 Å². The van der Waals surface area contributed by atoms with Crippen molar-refractivity contribution in [1.29, 1.82) is 0 Å². The van der Waals surface area contributed by atoms with Crippen molar-refractivity contribution >= 4 is 23.1 Å². The van der Waals surface area contributed by atoms with Crippen LogP contribution in [0, 0.1) is 15.9 Å². The third kappa shape index (κ3) is 3.43. The number of hydrogen-bond acceptors (Lipinski definition) is 4. The molecule has 2 aromatic rings. The van der Waals surface area contributed by atoms with Crippen molar-refractivity contribution < 1.29 is 14.1 Å². The summed E-state index contributed by atoms with van der Waals surface area (Å²) in [5.41, 5.74) is 0.245. The van der Waals surface area contributed by atoms with Gasteiger partial charge in [0.2, 0.25) is 5.91 Å². The summed E-state index contributed by atoms with van der Waals surface area (Å²) in [5, 5.41) is 10.9. The molecule has 1 amide bonds. The quantitative estimate of drug-likeness (QED) is 0.624. The summed E-state index contributed by atoms with van der Waals surface area (Å²) in [7, 11) is 0. The van der Waals surface area contributed by atoms with Gasteiger partial charge in [0.05, 0.1) is 16.7 Å². The maximum absolute atomic E-state index is 13.1. The molecule has 7 heteroatoms. The molecular formula is C15H14FN3O3. The highest BCUT2D eigenvalue weighted by atomic mass is 19.1. The zero-order valence-corrected chi connectivity index (χ0v) is 11.9. The molecule has 1 heterocycles. The highest BCUT2D eigenvalue weighted by molar-refractivity contribution is 5.99. The first-order chi connectivity index (χ1) is 10.5. The molecule has 1 aromatic carbocycles. The summed E-state index contributed by atoms with van der Waals surface area (Å²) in [6.45, 7) is 1.85. The number of amides is 1. The van der Waals surface area contributed by atoms with Crippen LogP contribution in [0.1, 0.15) is 19.8 Å². The monoisotopic (exact) mass is 303 g/mol. The second-order valence-corrected chi connectivity index (χ2v) is 4.58. The zero-order chi connectivity index (χ0) is 16.1. The molecule has 0 saturated heterocycles. The average molecular weight is 303 g/mol. The van der Waals surface area contributed by atoms with Crippen molar-refractivity contribution in [2.45, 2.75) is 19.8 Å². The predicted molar refractivity (Wildman–Crippen MR) is 79.3 cm³/mol. The summed E-state index contributed by atoms with van der Waals surface area (Å²) in [4.78, 5) is 27.9. The van der Waals surface area contributed by atoms with E-state index in [1.807, 2.05) is 6.92 Å². The molecule has 22 heavy (non-hydrogen) atoms. The Morgan fingerprint density at radius 2 is 2.00 bits per heavy atom. The van der Waals surface area contributed by atoms with Crippen molar-refractivity contribution in [3.05, 3.63) is 58.5 Å². The minimum Gasteiger partial charge on any atom is -0.274 e. The molecule has 0 saturated carbocycles. The van der Waals surface area contributed by atoms with E-state index in [4.69, 9.17) is 0 Å². The minimum absolute atomic E-state index is 0.138. The van der Waals surface area contributed by atoms with E-state index in [2.05, 4.69) is 4.98 Å². The maximum atomic E-state index is 13.1. The topological polar surface area (TPSA) is 76.3 Å². The number of halogens is 1. The van der Waals surface area contributed by atoms with Gasteiger partial charge < -0.3 is 0 Å². The maximum Gasteiger partial charge on any atom is 0.274 e. The van der Waals surface area contributed by atoms with Gasteiger partial charge >= 0.3 is 0 Å². The van der Waals surface area contributed by atoms with Crippen molar-refractivity contribution in [3.63, 3.8) is 0 Å². The fraction of sp³-hybridized carbons (Fsp3) is 0.200. The van der Waals surface area contributed by atoms with E-state index in [1.165, 1.54) is 47.5 Å². The van der Waals surface area contributed by atoms with Crippen LogP contribution in [0.15, 0.2) is 42.6 Å². The third-order valence-electron chi connectivity index (χ3n) is 2.97. The van der Waals surface area contributed by atoms with Crippen LogP contribution in [-0.2, 0) is 4.79 Å². The van der Waals surface area contributed by atoms with Crippen LogP contribution in [0.4, 0.5) is 21.6 Å². The standard InChI is InChI=1S/C15H14FN3O3/c1-2-3-15(20)18(12-6-4-11(16)5-7-12)14-10-13(19(21)22)8-9-17-14/h4-10H,2-3H2,1H3. The summed E-state index contributed by atoms with van der Waals surface area (Å²) >= 11 is 0. The summed E-state index contributed by atoms with van der Waals surface area (Å²) in [5.74, 6) is -0.556. The Hall–Kier alpha value is -2.83. The number of hydrogen-bond donors (Lipinski definition) is 0. The number of anilines is 2. The molecular weight excluding hydrogens is 289 g/mol. The van der Waals surface area contributed by atoms with Gasteiger partial charge in [0.25, 0.3) is 5.69 Å². The van der Waals surface area contributed by atoms with E-state index in [0.717, 1.165) is 0 Å². The first-order valence-electron chi connectivity index (χ1n) is 6.72. The van der Waals surface area contributed by atoms with Gasteiger partial charge in [0.1, 0.15) is 11.6 Å². The van der Waals surface area contributed by atoms with Crippen LogP contribution in [0.25, 0.3) is 0 Å². The molecule has 2 rings (SSSR count). The highest BCUT2D eigenvalue weighted by Crippen LogP contribution is 2.27. The number of aromatic nitrogens is 1. The SMILES string of the molecule is CCCC(=O)N(c1ccc(F)cc1)c1cc([N+](=O)[O-])ccn1. The van der Waals surface area contributed by atoms with E-state index in [9.17, 15) is 19.3 Å². The Labute approximate surface area is 126 Å². The van der Waals surface area contributed by atoms with Crippen molar-refractivity contribution in [2.24, 2.45) is 0 Å². The molecule has 0 radical (unpaired) electrons. The molecule has 0 aliphatic rings. The number of nitrogens with zero attached hydrogens (tertiary/aromatic N) is 3. The predicted octanol–water partition coefficient (Wildman–Crippen LogP) is 3.59. The molecule has 114 valence electrons. The molecule has 0 spiro atoms. The van der Waals surface area contributed by atoms with E-state index in [-0.39, 0.29) is 23.8 Å². The number of nitro groups is 1. The second-order valence-electron chi connectivity index (χ2n) is 4.58. The van der Waals surface area contributed by atoms with Crippen LogP contribution in [0.2, 0.25) is 0 Å². The fourth-order valence-electron chi connectivity index (χ4n) is 1.96. The van der Waals surface area contributed by atoms with Crippen molar-refractivity contribution in [2.75, 3.05) is 4.90 Å². The lowest BCUT2D eigenvalue weighted by atomic mass is 10.2. The van der Waals surface area contributed by atoms with Crippen molar-refractivity contribution in [3.8, 4) is 0 Å². The normalized spacial score (nSPS) is 10.3. The molecule has 0 fully saturated rings. The molecule has 0 N–H and O–H groups in total. The molecule has 0 atom stereocenters. The van der Waals surface area contributed by atoms with Gasteiger partial charge in [-0.05, 0) is 30.7 Å². The largest absolute Gasteiger partial charge is 0.274 e. The molecule has 6 nitrogen and oxygen atoms in total. The first kappa shape index (κ1) is 15.6. The number of pyridine rings is 1. The van der Waals surface area contributed by atoms with Gasteiger partial charge in [-0.15, -0.1) is 0 Å². The van der Waals surface area contributed by atoms with Gasteiger partial charge in [0.15, 0.2) is 0 Å². The Morgan fingerprint density at radius 3 is 2.59 bits per heavy atom. The third-order valence-corrected chi connectivity index (χ3v) is 2.97. The Morgan fingerprint density at radius 1 is 1.32 bits per heavy atom. The molecule has 1 aromatic heterocycles. The average Bonchev–Trinajstić information content (AvgIpc) is 2.50. The lowest BCUT2D eigenvalue weighted by Gasteiger charge is -2.21. The number of carbonyl (C=O) groups is 1. The van der Waals surface area contributed by atoms with Crippen LogP contribution in [0.3, 0.4) is 0 Å². The molecule has 0 bridgehead atoms. The first-order valence-corrected chi connectivity index (χ1v) is 6.72. The highest BCUT2D eigenvalue weighted by Gasteiger charge is 2.20. The molecule has 0 aliphatic carbocycles. The summed E-state index contributed by atoms with van der Waals surface area (Å²) in [6, 6.07) is 7.78. The number of benzene rings is 1. The Kier molecular flexibility index (Phi) is 4.77.